The fraction of sp³-hybridized carbons (Fsp3) is 0.429. The van der Waals surface area contributed by atoms with Crippen LogP contribution in [0.15, 0.2) is 29.2 Å². The number of hydrogen-bond donors (Lipinski definition) is 3. The van der Waals surface area contributed by atoms with Crippen LogP contribution in [0.2, 0.25) is 0 Å². The van der Waals surface area contributed by atoms with Gasteiger partial charge in [-0.05, 0) is 37.6 Å². The van der Waals surface area contributed by atoms with E-state index in [1.54, 1.807) is 6.92 Å². The molecule has 0 aliphatic carbocycles. The minimum absolute atomic E-state index is 0.0420. The molecule has 7 nitrogen and oxygen atoms in total. The largest absolute Gasteiger partial charge is 0.355 e. The zero-order valence-corrected chi connectivity index (χ0v) is 13.6. The number of benzene rings is 1. The molecule has 0 spiro atoms. The Morgan fingerprint density at radius 1 is 1.09 bits per heavy atom. The van der Waals surface area contributed by atoms with Crippen molar-refractivity contribution in [2.45, 2.75) is 24.7 Å². The van der Waals surface area contributed by atoms with Gasteiger partial charge in [-0.2, -0.15) is 0 Å². The van der Waals surface area contributed by atoms with E-state index >= 15 is 0 Å². The molecule has 0 saturated heterocycles. The highest BCUT2D eigenvalue weighted by molar-refractivity contribution is 7.89. The van der Waals surface area contributed by atoms with Crippen LogP contribution in [0, 0.1) is 5.82 Å². The van der Waals surface area contributed by atoms with Crippen molar-refractivity contribution in [3.63, 3.8) is 0 Å². The predicted molar refractivity (Wildman–Crippen MR) is 82.5 cm³/mol. The van der Waals surface area contributed by atoms with E-state index in [0.717, 1.165) is 24.3 Å². The molecule has 0 aliphatic heterocycles. The Kier molecular flexibility index (Phi) is 7.63. The average Bonchev–Trinajstić information content (AvgIpc) is 2.50. The third-order valence-electron chi connectivity index (χ3n) is 2.82. The lowest BCUT2D eigenvalue weighted by Crippen LogP contribution is -2.37. The molecule has 0 unspecified atom stereocenters. The van der Waals surface area contributed by atoms with Gasteiger partial charge in [-0.25, -0.2) is 17.5 Å². The van der Waals surface area contributed by atoms with Crippen LogP contribution in [-0.4, -0.2) is 39.9 Å². The average molecular weight is 345 g/mol. The van der Waals surface area contributed by atoms with Crippen molar-refractivity contribution < 1.29 is 22.4 Å². The second-order valence-electron chi connectivity index (χ2n) is 4.69. The summed E-state index contributed by atoms with van der Waals surface area (Å²) in [5, 5.41) is 4.97. The molecule has 0 aromatic heterocycles. The number of sulfonamides is 1. The highest BCUT2D eigenvalue weighted by Crippen LogP contribution is 2.09. The summed E-state index contributed by atoms with van der Waals surface area (Å²) in [6.45, 7) is 2.22. The first kappa shape index (κ1) is 19.0. The highest BCUT2D eigenvalue weighted by Gasteiger charge is 2.13. The van der Waals surface area contributed by atoms with E-state index in [-0.39, 0.29) is 42.6 Å². The fourth-order valence-corrected chi connectivity index (χ4v) is 2.75. The fourth-order valence-electron chi connectivity index (χ4n) is 1.68. The van der Waals surface area contributed by atoms with Crippen molar-refractivity contribution in [1.29, 1.82) is 0 Å². The van der Waals surface area contributed by atoms with Gasteiger partial charge in [0.15, 0.2) is 0 Å². The summed E-state index contributed by atoms with van der Waals surface area (Å²) in [7, 11) is -3.72. The van der Waals surface area contributed by atoms with Crippen LogP contribution in [0.3, 0.4) is 0 Å². The van der Waals surface area contributed by atoms with Crippen molar-refractivity contribution in [3.8, 4) is 0 Å². The van der Waals surface area contributed by atoms with Gasteiger partial charge in [0.2, 0.25) is 21.8 Å². The molecule has 0 aliphatic rings. The van der Waals surface area contributed by atoms with Crippen molar-refractivity contribution in [1.82, 2.24) is 15.4 Å². The maximum atomic E-state index is 12.8. The van der Waals surface area contributed by atoms with Crippen LogP contribution in [-0.2, 0) is 19.6 Å². The number of hydrogen-bond acceptors (Lipinski definition) is 4. The number of rotatable bonds is 9. The van der Waals surface area contributed by atoms with E-state index in [4.69, 9.17) is 0 Å². The third-order valence-corrected chi connectivity index (χ3v) is 4.29. The molecule has 9 heteroatoms. The first-order chi connectivity index (χ1) is 10.8. The SMILES string of the molecule is CCNC(=O)CNC(=O)CCCNS(=O)(=O)c1ccc(F)cc1. The molecule has 0 fully saturated rings. The van der Waals surface area contributed by atoms with Gasteiger partial charge in [0.1, 0.15) is 5.82 Å². The van der Waals surface area contributed by atoms with Crippen LogP contribution < -0.4 is 15.4 Å². The van der Waals surface area contributed by atoms with Crippen LogP contribution in [0.25, 0.3) is 0 Å². The summed E-state index contributed by atoms with van der Waals surface area (Å²) in [6.07, 6.45) is 0.368. The Labute approximate surface area is 134 Å². The van der Waals surface area contributed by atoms with Gasteiger partial charge < -0.3 is 10.6 Å². The van der Waals surface area contributed by atoms with Crippen LogP contribution >= 0.6 is 0 Å². The molecule has 0 saturated carbocycles. The van der Waals surface area contributed by atoms with Gasteiger partial charge in [0.25, 0.3) is 0 Å². The van der Waals surface area contributed by atoms with E-state index in [0.29, 0.717) is 6.54 Å². The smallest absolute Gasteiger partial charge is 0.240 e. The molecule has 1 aromatic rings. The number of likely N-dealkylation sites (N-methyl/N-ethyl adjacent to an activating group) is 1. The number of amides is 2. The Morgan fingerprint density at radius 2 is 1.74 bits per heavy atom. The number of carbonyl (C=O) groups is 2. The van der Waals surface area contributed by atoms with Crippen LogP contribution in [0.5, 0.6) is 0 Å². The van der Waals surface area contributed by atoms with E-state index < -0.39 is 15.8 Å². The second-order valence-corrected chi connectivity index (χ2v) is 6.45. The zero-order chi connectivity index (χ0) is 17.3. The van der Waals surface area contributed by atoms with Gasteiger partial charge in [0.05, 0.1) is 11.4 Å². The molecule has 0 atom stereocenters. The van der Waals surface area contributed by atoms with Crippen molar-refractivity contribution in [3.05, 3.63) is 30.1 Å². The molecule has 2 amide bonds. The zero-order valence-electron chi connectivity index (χ0n) is 12.8. The Hall–Kier alpha value is -2.00. The van der Waals surface area contributed by atoms with Gasteiger partial charge in [-0.3, -0.25) is 9.59 Å². The standard InChI is InChI=1S/C14H20FN3O4S/c1-2-16-14(20)10-17-13(19)4-3-9-18-23(21,22)12-7-5-11(15)6-8-12/h5-8,18H,2-4,9-10H2,1H3,(H,16,20)(H,17,19). The lowest BCUT2D eigenvalue weighted by Gasteiger charge is -2.07. The minimum atomic E-state index is -3.72. The lowest BCUT2D eigenvalue weighted by molar-refractivity contribution is -0.126. The first-order valence-electron chi connectivity index (χ1n) is 7.14. The molecule has 3 N–H and O–H groups in total. The number of nitrogens with one attached hydrogen (secondary N) is 3. The lowest BCUT2D eigenvalue weighted by atomic mass is 10.3. The first-order valence-corrected chi connectivity index (χ1v) is 8.62. The third kappa shape index (κ3) is 7.20. The summed E-state index contributed by atoms with van der Waals surface area (Å²) in [4.78, 5) is 22.6. The molecule has 23 heavy (non-hydrogen) atoms. The number of halogens is 1. The summed E-state index contributed by atoms with van der Waals surface area (Å²) >= 11 is 0. The molecule has 1 rings (SSSR count). The maximum absolute atomic E-state index is 12.8. The van der Waals surface area contributed by atoms with Crippen molar-refractivity contribution >= 4 is 21.8 Å². The molecule has 0 heterocycles. The van der Waals surface area contributed by atoms with Gasteiger partial charge >= 0.3 is 0 Å². The minimum Gasteiger partial charge on any atom is -0.355 e. The summed E-state index contributed by atoms with van der Waals surface area (Å²) in [6, 6.07) is 4.44. The van der Waals surface area contributed by atoms with Gasteiger partial charge in [-0.1, -0.05) is 0 Å². The van der Waals surface area contributed by atoms with Crippen molar-refractivity contribution in [2.24, 2.45) is 0 Å². The summed E-state index contributed by atoms with van der Waals surface area (Å²) in [5.41, 5.74) is 0. The van der Waals surface area contributed by atoms with Crippen LogP contribution in [0.4, 0.5) is 4.39 Å². The Bertz CT molecular complexity index is 632. The maximum Gasteiger partial charge on any atom is 0.240 e. The Balaban J connectivity index is 2.29. The molecular formula is C14H20FN3O4S. The van der Waals surface area contributed by atoms with E-state index in [1.807, 2.05) is 0 Å². The van der Waals surface area contributed by atoms with Gasteiger partial charge in [0, 0.05) is 19.5 Å². The van der Waals surface area contributed by atoms with Gasteiger partial charge in [-0.15, -0.1) is 0 Å². The summed E-state index contributed by atoms with van der Waals surface area (Å²) < 4.78 is 38.9. The molecule has 128 valence electrons. The highest BCUT2D eigenvalue weighted by atomic mass is 32.2. The van der Waals surface area contributed by atoms with E-state index in [9.17, 15) is 22.4 Å². The predicted octanol–water partition coefficient (Wildman–Crippen LogP) is 0.137. The van der Waals surface area contributed by atoms with E-state index in [1.165, 1.54) is 0 Å². The monoisotopic (exact) mass is 345 g/mol. The van der Waals surface area contributed by atoms with Crippen molar-refractivity contribution in [2.75, 3.05) is 19.6 Å². The van der Waals surface area contributed by atoms with E-state index in [2.05, 4.69) is 15.4 Å². The molecule has 0 bridgehead atoms. The molecule has 0 radical (unpaired) electrons. The number of carbonyl (C=O) groups excluding carboxylic acids is 2. The Morgan fingerprint density at radius 3 is 2.35 bits per heavy atom. The normalized spacial score (nSPS) is 11.0. The topological polar surface area (TPSA) is 104 Å². The summed E-state index contributed by atoms with van der Waals surface area (Å²) in [5.74, 6) is -1.14. The molecular weight excluding hydrogens is 325 g/mol. The second kappa shape index (κ2) is 9.21. The quantitative estimate of drug-likeness (QED) is 0.554. The molecule has 1 aromatic carbocycles. The van der Waals surface area contributed by atoms with Crippen LogP contribution in [0.1, 0.15) is 19.8 Å².